The van der Waals surface area contributed by atoms with Crippen LogP contribution in [-0.2, 0) is 11.3 Å². The van der Waals surface area contributed by atoms with Crippen LogP contribution in [0.15, 0.2) is 24.3 Å². The lowest BCUT2D eigenvalue weighted by atomic mass is 10.0. The largest absolute Gasteiger partial charge is 0.356 e. The Labute approximate surface area is 110 Å². The summed E-state index contributed by atoms with van der Waals surface area (Å²) in [5.41, 5.74) is 2.11. The summed E-state index contributed by atoms with van der Waals surface area (Å²) in [6.45, 7) is 10.7. The summed E-state index contributed by atoms with van der Waals surface area (Å²) in [7, 11) is 0. The van der Waals surface area contributed by atoms with E-state index in [-0.39, 0.29) is 5.60 Å². The monoisotopic (exact) mass is 251 g/mol. The van der Waals surface area contributed by atoms with Crippen LogP contribution in [0.5, 0.6) is 0 Å². The van der Waals surface area contributed by atoms with Crippen molar-refractivity contribution in [3.05, 3.63) is 35.4 Å². The van der Waals surface area contributed by atoms with Crippen molar-refractivity contribution in [2.75, 3.05) is 0 Å². The molecule has 18 heavy (non-hydrogen) atoms. The Hall–Kier alpha value is -0.900. The number of aliphatic hydroxyl groups is 1. The normalized spacial score (nSPS) is 13.9. The van der Waals surface area contributed by atoms with E-state index in [9.17, 15) is 5.11 Å². The Morgan fingerprint density at radius 2 is 1.72 bits per heavy atom. The molecule has 1 aromatic rings. The van der Waals surface area contributed by atoms with Gasteiger partial charge >= 0.3 is 0 Å². The van der Waals surface area contributed by atoms with Gasteiger partial charge in [-0.3, -0.25) is 5.32 Å². The Morgan fingerprint density at radius 1 is 1.17 bits per heavy atom. The molecule has 0 aliphatic rings. The zero-order chi connectivity index (χ0) is 13.8. The molecule has 0 bridgehead atoms. The van der Waals surface area contributed by atoms with E-state index in [0.717, 1.165) is 5.56 Å². The van der Waals surface area contributed by atoms with Crippen LogP contribution in [0.25, 0.3) is 0 Å². The Balaban J connectivity index is 2.44. The fourth-order valence-corrected chi connectivity index (χ4v) is 1.60. The minimum atomic E-state index is -0.935. The molecule has 1 atom stereocenters. The van der Waals surface area contributed by atoms with Gasteiger partial charge in [-0.1, -0.05) is 38.1 Å². The molecule has 0 saturated carbocycles. The van der Waals surface area contributed by atoms with Crippen LogP contribution in [0, 0.1) is 0 Å². The van der Waals surface area contributed by atoms with Gasteiger partial charge in [0.05, 0.1) is 5.60 Å². The number of nitrogens with one attached hydrogen (secondary N) is 1. The lowest BCUT2D eigenvalue weighted by Crippen LogP contribution is -2.37. The molecule has 102 valence electrons. The van der Waals surface area contributed by atoms with Gasteiger partial charge in [-0.25, -0.2) is 0 Å². The van der Waals surface area contributed by atoms with Gasteiger partial charge in [-0.15, -0.1) is 0 Å². The molecule has 0 aromatic heterocycles. The molecule has 0 radical (unpaired) electrons. The predicted octanol–water partition coefficient (Wildman–Crippen LogP) is 2.99. The van der Waals surface area contributed by atoms with Crippen LogP contribution in [0.4, 0.5) is 0 Å². The van der Waals surface area contributed by atoms with Crippen molar-refractivity contribution in [3.8, 4) is 0 Å². The van der Waals surface area contributed by atoms with Crippen molar-refractivity contribution in [3.63, 3.8) is 0 Å². The Kier molecular flexibility index (Phi) is 5.32. The third kappa shape index (κ3) is 5.63. The summed E-state index contributed by atoms with van der Waals surface area (Å²) in [6.07, 6.45) is -0.935. The highest BCUT2D eigenvalue weighted by molar-refractivity contribution is 5.24. The Morgan fingerprint density at radius 3 is 2.17 bits per heavy atom. The third-order valence-corrected chi connectivity index (χ3v) is 2.59. The summed E-state index contributed by atoms with van der Waals surface area (Å²) in [6, 6.07) is 8.40. The third-order valence-electron chi connectivity index (χ3n) is 2.59. The molecule has 1 rings (SSSR count). The average molecular weight is 251 g/mol. The average Bonchev–Trinajstić information content (AvgIpc) is 2.24. The maximum Gasteiger partial charge on any atom is 0.214 e. The van der Waals surface area contributed by atoms with Crippen LogP contribution in [0.2, 0.25) is 0 Å². The van der Waals surface area contributed by atoms with Gasteiger partial charge in [-0.05, 0) is 37.8 Å². The van der Waals surface area contributed by atoms with Crippen LogP contribution in [-0.4, -0.2) is 17.1 Å². The SMILES string of the molecule is CC(C)c1ccc(CNC(O)OC(C)(C)C)cc1. The molecule has 1 unspecified atom stereocenters. The fourth-order valence-electron chi connectivity index (χ4n) is 1.60. The summed E-state index contributed by atoms with van der Waals surface area (Å²) in [5.74, 6) is 0.543. The van der Waals surface area contributed by atoms with Gasteiger partial charge in [0.15, 0.2) is 0 Å². The van der Waals surface area contributed by atoms with Gasteiger partial charge < -0.3 is 9.84 Å². The molecule has 0 aliphatic heterocycles. The van der Waals surface area contributed by atoms with Gasteiger partial charge in [-0.2, -0.15) is 0 Å². The lowest BCUT2D eigenvalue weighted by Gasteiger charge is -2.24. The first-order valence-electron chi connectivity index (χ1n) is 6.46. The molecule has 0 heterocycles. The topological polar surface area (TPSA) is 41.5 Å². The van der Waals surface area contributed by atoms with Gasteiger partial charge in [0.25, 0.3) is 0 Å². The number of aliphatic hydroxyl groups excluding tert-OH is 1. The maximum atomic E-state index is 9.66. The maximum absolute atomic E-state index is 9.66. The van der Waals surface area contributed by atoms with Crippen LogP contribution in [0.1, 0.15) is 51.7 Å². The molecule has 1 aromatic carbocycles. The molecule has 0 spiro atoms. The first-order valence-corrected chi connectivity index (χ1v) is 6.46. The van der Waals surface area contributed by atoms with E-state index in [2.05, 4.69) is 43.4 Å². The quantitative estimate of drug-likeness (QED) is 0.790. The fraction of sp³-hybridized carbons (Fsp3) is 0.600. The highest BCUT2D eigenvalue weighted by Gasteiger charge is 2.15. The van der Waals surface area contributed by atoms with Crippen molar-refractivity contribution in [2.45, 2.75) is 59.1 Å². The summed E-state index contributed by atoms with van der Waals surface area (Å²) in [5, 5.41) is 12.6. The number of ether oxygens (including phenoxy) is 1. The standard InChI is InChI=1S/C15H25NO2/c1-11(2)13-8-6-12(7-9-13)10-16-14(17)18-15(3,4)5/h6-9,11,14,16-17H,10H2,1-5H3. The van der Waals surface area contributed by atoms with E-state index in [1.165, 1.54) is 5.56 Å². The molecule has 0 saturated heterocycles. The second-order valence-corrected chi connectivity index (χ2v) is 5.86. The van der Waals surface area contributed by atoms with E-state index in [1.807, 2.05) is 20.8 Å². The zero-order valence-electron chi connectivity index (χ0n) is 12.0. The van der Waals surface area contributed by atoms with Crippen LogP contribution < -0.4 is 5.32 Å². The van der Waals surface area contributed by atoms with E-state index < -0.39 is 6.41 Å². The van der Waals surface area contributed by atoms with E-state index in [4.69, 9.17) is 4.74 Å². The first-order chi connectivity index (χ1) is 8.28. The molecule has 3 heteroatoms. The van der Waals surface area contributed by atoms with Crippen molar-refractivity contribution < 1.29 is 9.84 Å². The molecule has 2 N–H and O–H groups in total. The summed E-state index contributed by atoms with van der Waals surface area (Å²) < 4.78 is 5.37. The zero-order valence-corrected chi connectivity index (χ0v) is 12.0. The molecular weight excluding hydrogens is 226 g/mol. The van der Waals surface area contributed by atoms with Crippen molar-refractivity contribution in [1.29, 1.82) is 0 Å². The van der Waals surface area contributed by atoms with E-state index >= 15 is 0 Å². The van der Waals surface area contributed by atoms with Crippen molar-refractivity contribution in [1.82, 2.24) is 5.32 Å². The second-order valence-electron chi connectivity index (χ2n) is 5.86. The molecule has 0 amide bonds. The van der Waals surface area contributed by atoms with Gasteiger partial charge in [0.2, 0.25) is 6.41 Å². The summed E-state index contributed by atoms with van der Waals surface area (Å²) >= 11 is 0. The van der Waals surface area contributed by atoms with Gasteiger partial charge in [0.1, 0.15) is 0 Å². The van der Waals surface area contributed by atoms with Crippen LogP contribution in [0.3, 0.4) is 0 Å². The predicted molar refractivity (Wildman–Crippen MR) is 74.2 cm³/mol. The molecule has 3 nitrogen and oxygen atoms in total. The molecule has 0 aliphatic carbocycles. The minimum absolute atomic E-state index is 0.353. The highest BCUT2D eigenvalue weighted by Crippen LogP contribution is 2.15. The van der Waals surface area contributed by atoms with Crippen molar-refractivity contribution in [2.24, 2.45) is 0 Å². The lowest BCUT2D eigenvalue weighted by molar-refractivity contribution is -0.182. The Bertz CT molecular complexity index is 352. The van der Waals surface area contributed by atoms with Gasteiger partial charge in [0, 0.05) is 6.54 Å². The van der Waals surface area contributed by atoms with Crippen molar-refractivity contribution >= 4 is 0 Å². The first kappa shape index (κ1) is 15.2. The minimum Gasteiger partial charge on any atom is -0.356 e. The van der Waals surface area contributed by atoms with E-state index in [0.29, 0.717) is 12.5 Å². The number of hydrogen-bond acceptors (Lipinski definition) is 3. The second kappa shape index (κ2) is 6.32. The number of rotatable bonds is 5. The number of benzene rings is 1. The summed E-state index contributed by atoms with van der Waals surface area (Å²) in [4.78, 5) is 0. The highest BCUT2D eigenvalue weighted by atomic mass is 16.6. The number of hydrogen-bond donors (Lipinski definition) is 2. The molecule has 0 fully saturated rings. The smallest absolute Gasteiger partial charge is 0.214 e. The molecular formula is C15H25NO2. The van der Waals surface area contributed by atoms with Crippen LogP contribution >= 0.6 is 0 Å². The van der Waals surface area contributed by atoms with E-state index in [1.54, 1.807) is 0 Å².